The Morgan fingerprint density at radius 2 is 2.46 bits per heavy atom. The molecule has 0 aliphatic carbocycles. The molecule has 2 heterocycles. The van der Waals surface area contributed by atoms with E-state index in [4.69, 9.17) is 5.26 Å². The first-order valence-corrected chi connectivity index (χ1v) is 3.54. The number of aryl methyl sites for hydroxylation is 1. The van der Waals surface area contributed by atoms with Gasteiger partial charge in [0.1, 0.15) is 17.1 Å². The summed E-state index contributed by atoms with van der Waals surface area (Å²) in [4.78, 5) is 15.1. The molecule has 0 bridgehead atoms. The predicted octanol–water partition coefficient (Wildman–Crippen LogP) is -0.472. The molecule has 0 aromatic carbocycles. The Hall–Kier alpha value is -2.16. The zero-order valence-electron chi connectivity index (χ0n) is 6.77. The third-order valence-electron chi connectivity index (χ3n) is 1.75. The molecule has 13 heavy (non-hydrogen) atoms. The van der Waals surface area contributed by atoms with Crippen LogP contribution in [0.15, 0.2) is 11.1 Å². The Morgan fingerprint density at radius 3 is 3.15 bits per heavy atom. The van der Waals surface area contributed by atoms with Gasteiger partial charge in [-0.25, -0.2) is 10.1 Å². The second-order valence-corrected chi connectivity index (χ2v) is 2.57. The van der Waals surface area contributed by atoms with Crippen molar-refractivity contribution >= 4 is 11.0 Å². The Balaban J connectivity index is 3.06. The minimum absolute atomic E-state index is 0.134. The van der Waals surface area contributed by atoms with Crippen LogP contribution < -0.4 is 5.56 Å². The summed E-state index contributed by atoms with van der Waals surface area (Å²) >= 11 is 0. The van der Waals surface area contributed by atoms with Gasteiger partial charge in [0.05, 0.1) is 6.33 Å². The van der Waals surface area contributed by atoms with E-state index in [1.54, 1.807) is 11.6 Å². The molecule has 0 unspecified atom stereocenters. The number of hydrogen-bond donors (Lipinski definition) is 1. The summed E-state index contributed by atoms with van der Waals surface area (Å²) < 4.78 is 1.55. The minimum atomic E-state index is -0.339. The molecule has 0 radical (unpaired) electrons. The van der Waals surface area contributed by atoms with Gasteiger partial charge in [0.25, 0.3) is 5.56 Å². The van der Waals surface area contributed by atoms with Crippen molar-refractivity contribution < 1.29 is 0 Å². The standard InChI is InChI=1S/C7H5N5O/c1-12-3-9-5-4(2-8)10-11-7(13)6(5)12/h3H,1H3,(H,11,13). The van der Waals surface area contributed by atoms with Crippen LogP contribution in [0, 0.1) is 11.3 Å². The van der Waals surface area contributed by atoms with Gasteiger partial charge in [-0.2, -0.15) is 10.4 Å². The van der Waals surface area contributed by atoms with Crippen LogP contribution in [0.4, 0.5) is 0 Å². The average molecular weight is 175 g/mol. The number of fused-ring (bicyclic) bond motifs is 1. The lowest BCUT2D eigenvalue weighted by Gasteiger charge is -1.92. The molecular weight excluding hydrogens is 170 g/mol. The van der Waals surface area contributed by atoms with E-state index in [1.807, 2.05) is 6.07 Å². The number of H-pyrrole nitrogens is 1. The lowest BCUT2D eigenvalue weighted by Crippen LogP contribution is -2.12. The molecule has 0 spiro atoms. The quantitative estimate of drug-likeness (QED) is 0.586. The van der Waals surface area contributed by atoms with E-state index in [9.17, 15) is 4.79 Å². The number of imidazole rings is 1. The number of hydrogen-bond acceptors (Lipinski definition) is 4. The van der Waals surface area contributed by atoms with Gasteiger partial charge in [0, 0.05) is 7.05 Å². The van der Waals surface area contributed by atoms with Gasteiger partial charge in [-0.1, -0.05) is 0 Å². The molecule has 6 nitrogen and oxygen atoms in total. The summed E-state index contributed by atoms with van der Waals surface area (Å²) in [6.07, 6.45) is 1.47. The Kier molecular flexibility index (Phi) is 1.39. The zero-order valence-corrected chi connectivity index (χ0v) is 6.77. The summed E-state index contributed by atoms with van der Waals surface area (Å²) in [6, 6.07) is 1.85. The summed E-state index contributed by atoms with van der Waals surface area (Å²) in [5.41, 5.74) is 0.504. The van der Waals surface area contributed by atoms with Crippen LogP contribution in [0.3, 0.4) is 0 Å². The maximum absolute atomic E-state index is 11.2. The van der Waals surface area contributed by atoms with Crippen LogP contribution in [0.25, 0.3) is 11.0 Å². The predicted molar refractivity (Wildman–Crippen MR) is 43.8 cm³/mol. The smallest absolute Gasteiger partial charge is 0.290 e. The van der Waals surface area contributed by atoms with E-state index < -0.39 is 0 Å². The summed E-state index contributed by atoms with van der Waals surface area (Å²) in [5, 5.41) is 14.4. The van der Waals surface area contributed by atoms with E-state index in [2.05, 4.69) is 15.2 Å². The molecule has 2 aromatic rings. The second-order valence-electron chi connectivity index (χ2n) is 2.57. The zero-order chi connectivity index (χ0) is 9.42. The molecule has 0 saturated heterocycles. The summed E-state index contributed by atoms with van der Waals surface area (Å²) in [5.74, 6) is 0. The highest BCUT2D eigenvalue weighted by molar-refractivity contribution is 5.78. The third-order valence-corrected chi connectivity index (χ3v) is 1.75. The minimum Gasteiger partial charge on any atom is -0.329 e. The SMILES string of the molecule is Cn1cnc2c(C#N)n[nH]c(=O)c21. The molecule has 0 saturated carbocycles. The second kappa shape index (κ2) is 2.42. The van der Waals surface area contributed by atoms with Crippen LogP contribution >= 0.6 is 0 Å². The fourth-order valence-corrected chi connectivity index (χ4v) is 1.16. The first kappa shape index (κ1) is 7.49. The molecule has 64 valence electrons. The first-order chi connectivity index (χ1) is 6.24. The lowest BCUT2D eigenvalue weighted by molar-refractivity contribution is 0.922. The van der Waals surface area contributed by atoms with Crippen LogP contribution in [-0.2, 0) is 7.05 Å². The highest BCUT2D eigenvalue weighted by Crippen LogP contribution is 2.07. The van der Waals surface area contributed by atoms with E-state index in [1.165, 1.54) is 6.33 Å². The van der Waals surface area contributed by atoms with Crippen molar-refractivity contribution in [2.75, 3.05) is 0 Å². The van der Waals surface area contributed by atoms with Crippen molar-refractivity contribution in [3.8, 4) is 6.07 Å². The molecule has 0 aliphatic rings. The molecule has 0 aliphatic heterocycles. The van der Waals surface area contributed by atoms with Gasteiger partial charge >= 0.3 is 0 Å². The highest BCUT2D eigenvalue weighted by atomic mass is 16.1. The fourth-order valence-electron chi connectivity index (χ4n) is 1.16. The molecule has 0 fully saturated rings. The van der Waals surface area contributed by atoms with Crippen molar-refractivity contribution in [3.63, 3.8) is 0 Å². The molecular formula is C7H5N5O. The summed E-state index contributed by atoms with van der Waals surface area (Å²) in [6.45, 7) is 0. The molecule has 2 aromatic heterocycles. The van der Waals surface area contributed by atoms with Crippen molar-refractivity contribution in [1.29, 1.82) is 5.26 Å². The largest absolute Gasteiger partial charge is 0.329 e. The first-order valence-electron chi connectivity index (χ1n) is 3.54. The van der Waals surface area contributed by atoms with Crippen molar-refractivity contribution in [2.24, 2.45) is 7.05 Å². The van der Waals surface area contributed by atoms with Gasteiger partial charge in [-0.15, -0.1) is 0 Å². The van der Waals surface area contributed by atoms with Crippen LogP contribution in [-0.4, -0.2) is 19.7 Å². The number of nitriles is 1. The van der Waals surface area contributed by atoms with Crippen LogP contribution in [0.5, 0.6) is 0 Å². The molecule has 6 heteroatoms. The van der Waals surface area contributed by atoms with Gasteiger partial charge in [-0.05, 0) is 0 Å². The number of nitrogens with one attached hydrogen (secondary N) is 1. The van der Waals surface area contributed by atoms with Crippen molar-refractivity contribution in [2.45, 2.75) is 0 Å². The van der Waals surface area contributed by atoms with Crippen LogP contribution in [0.2, 0.25) is 0 Å². The Bertz CT molecular complexity index is 558. The maximum atomic E-state index is 11.2. The maximum Gasteiger partial charge on any atom is 0.290 e. The monoisotopic (exact) mass is 175 g/mol. The molecule has 0 atom stereocenters. The molecule has 2 rings (SSSR count). The summed E-state index contributed by atoms with van der Waals surface area (Å²) in [7, 11) is 1.69. The van der Waals surface area contributed by atoms with Gasteiger partial charge < -0.3 is 4.57 Å². The van der Waals surface area contributed by atoms with Crippen molar-refractivity contribution in [3.05, 3.63) is 22.4 Å². The van der Waals surface area contributed by atoms with E-state index in [-0.39, 0.29) is 11.3 Å². The number of rotatable bonds is 0. The average Bonchev–Trinajstić information content (AvgIpc) is 2.50. The van der Waals surface area contributed by atoms with Gasteiger partial charge in [0.2, 0.25) is 0 Å². The number of aromatic amines is 1. The fraction of sp³-hybridized carbons (Fsp3) is 0.143. The van der Waals surface area contributed by atoms with Gasteiger partial charge in [0.15, 0.2) is 5.69 Å². The van der Waals surface area contributed by atoms with Crippen LogP contribution in [0.1, 0.15) is 5.69 Å². The van der Waals surface area contributed by atoms with E-state index in [0.717, 1.165) is 0 Å². The van der Waals surface area contributed by atoms with Gasteiger partial charge in [-0.3, -0.25) is 4.79 Å². The highest BCUT2D eigenvalue weighted by Gasteiger charge is 2.09. The number of nitrogens with zero attached hydrogens (tertiary/aromatic N) is 4. The van der Waals surface area contributed by atoms with E-state index in [0.29, 0.717) is 11.0 Å². The number of aromatic nitrogens is 4. The topological polar surface area (TPSA) is 87.4 Å². The normalized spacial score (nSPS) is 10.2. The Labute approximate surface area is 72.4 Å². The molecule has 1 N–H and O–H groups in total. The molecule has 0 amide bonds. The Morgan fingerprint density at radius 1 is 1.69 bits per heavy atom. The lowest BCUT2D eigenvalue weighted by atomic mass is 10.3. The third kappa shape index (κ3) is 0.906. The van der Waals surface area contributed by atoms with E-state index >= 15 is 0 Å². The van der Waals surface area contributed by atoms with Crippen molar-refractivity contribution in [1.82, 2.24) is 19.7 Å².